The maximum absolute atomic E-state index is 13.3. The summed E-state index contributed by atoms with van der Waals surface area (Å²) in [5, 5.41) is 18.3. The maximum Gasteiger partial charge on any atom is 0.247 e. The first-order valence-corrected chi connectivity index (χ1v) is 15.3. The number of allylic oxidation sites excluding steroid dienone is 4. The van der Waals surface area contributed by atoms with Crippen molar-refractivity contribution in [2.75, 3.05) is 39.3 Å². The molecule has 11 nitrogen and oxygen atoms in total. The normalized spacial score (nSPS) is 12.8. The minimum absolute atomic E-state index is 0.00882. The van der Waals surface area contributed by atoms with E-state index in [4.69, 9.17) is 11.5 Å². The number of hydrogen-bond donors (Lipinski definition) is 6. The summed E-state index contributed by atoms with van der Waals surface area (Å²) in [5.41, 5.74) is 11.5. The number of hydrogen-bond acceptors (Lipinski definition) is 7. The van der Waals surface area contributed by atoms with Gasteiger partial charge in [-0.15, -0.1) is 0 Å². The van der Waals surface area contributed by atoms with Crippen LogP contribution in [0.2, 0.25) is 0 Å². The van der Waals surface area contributed by atoms with Crippen molar-refractivity contribution in [2.45, 2.75) is 103 Å². The van der Waals surface area contributed by atoms with Gasteiger partial charge in [0.05, 0.1) is 12.6 Å². The number of amides is 4. The molecular formula is C30H56N6O5. The van der Waals surface area contributed by atoms with E-state index in [1.54, 1.807) is 4.90 Å². The lowest BCUT2D eigenvalue weighted by atomic mass is 10.1. The third-order valence-electron chi connectivity index (χ3n) is 6.40. The van der Waals surface area contributed by atoms with Crippen molar-refractivity contribution in [1.82, 2.24) is 20.9 Å². The van der Waals surface area contributed by atoms with Gasteiger partial charge in [-0.1, -0.05) is 44.6 Å². The number of aliphatic hydroxyl groups excluding tert-OH is 1. The SMILES string of the molecule is CC/C=C\CCC(=O)NCCCCN(CCCNC(=O)CC/C=C\CC)C(=O)C(CO)NC(=O)[C@@H](N)CCCCN. The van der Waals surface area contributed by atoms with Gasteiger partial charge < -0.3 is 37.4 Å². The molecule has 0 aromatic heterocycles. The van der Waals surface area contributed by atoms with Crippen molar-refractivity contribution in [1.29, 1.82) is 0 Å². The highest BCUT2D eigenvalue weighted by molar-refractivity contribution is 5.89. The topological polar surface area (TPSA) is 180 Å². The zero-order chi connectivity index (χ0) is 30.7. The molecule has 1 unspecified atom stereocenters. The molecule has 0 heterocycles. The fraction of sp³-hybridized carbons (Fsp3) is 0.733. The lowest BCUT2D eigenvalue weighted by Gasteiger charge is -2.28. The second-order valence-electron chi connectivity index (χ2n) is 10.1. The van der Waals surface area contributed by atoms with Crippen LogP contribution in [0.25, 0.3) is 0 Å². The van der Waals surface area contributed by atoms with Crippen molar-refractivity contribution < 1.29 is 24.3 Å². The molecule has 0 aliphatic rings. The van der Waals surface area contributed by atoms with Crippen LogP contribution in [0.3, 0.4) is 0 Å². The number of unbranched alkanes of at least 4 members (excludes halogenated alkanes) is 2. The van der Waals surface area contributed by atoms with Crippen LogP contribution in [-0.4, -0.2) is 85.0 Å². The van der Waals surface area contributed by atoms with Crippen LogP contribution in [0.4, 0.5) is 0 Å². The number of rotatable bonds is 25. The van der Waals surface area contributed by atoms with Gasteiger partial charge >= 0.3 is 0 Å². The largest absolute Gasteiger partial charge is 0.394 e. The second kappa shape index (κ2) is 26.2. The maximum atomic E-state index is 13.3. The Morgan fingerprint density at radius 2 is 1.37 bits per heavy atom. The number of carbonyl (C=O) groups is 4. The van der Waals surface area contributed by atoms with E-state index >= 15 is 0 Å². The number of nitrogens with zero attached hydrogens (tertiary/aromatic N) is 1. The summed E-state index contributed by atoms with van der Waals surface area (Å²) >= 11 is 0. The number of carbonyl (C=O) groups excluding carboxylic acids is 4. The summed E-state index contributed by atoms with van der Waals surface area (Å²) in [6.07, 6.45) is 15.9. The van der Waals surface area contributed by atoms with Crippen LogP contribution in [0.1, 0.15) is 90.9 Å². The van der Waals surface area contributed by atoms with E-state index in [0.717, 1.165) is 19.3 Å². The number of aliphatic hydroxyl groups is 1. The molecule has 0 fully saturated rings. The van der Waals surface area contributed by atoms with Crippen molar-refractivity contribution in [2.24, 2.45) is 11.5 Å². The summed E-state index contributed by atoms with van der Waals surface area (Å²) < 4.78 is 0. The minimum Gasteiger partial charge on any atom is -0.394 e. The molecule has 0 radical (unpaired) electrons. The molecule has 2 atom stereocenters. The van der Waals surface area contributed by atoms with E-state index in [-0.39, 0.29) is 11.8 Å². The Labute approximate surface area is 246 Å². The van der Waals surface area contributed by atoms with Gasteiger partial charge in [-0.25, -0.2) is 0 Å². The Hall–Kier alpha value is -2.76. The van der Waals surface area contributed by atoms with E-state index in [2.05, 4.69) is 16.0 Å². The highest BCUT2D eigenvalue weighted by Crippen LogP contribution is 2.04. The van der Waals surface area contributed by atoms with Gasteiger partial charge in [-0.05, 0) is 64.3 Å². The van der Waals surface area contributed by atoms with Crippen LogP contribution in [0.5, 0.6) is 0 Å². The van der Waals surface area contributed by atoms with E-state index in [1.807, 2.05) is 38.2 Å². The van der Waals surface area contributed by atoms with Crippen molar-refractivity contribution in [3.63, 3.8) is 0 Å². The van der Waals surface area contributed by atoms with E-state index in [9.17, 15) is 24.3 Å². The van der Waals surface area contributed by atoms with Gasteiger partial charge in [0.25, 0.3) is 0 Å². The summed E-state index contributed by atoms with van der Waals surface area (Å²) in [6, 6.07) is -1.90. The monoisotopic (exact) mass is 580 g/mol. The van der Waals surface area contributed by atoms with Gasteiger partial charge in [-0.3, -0.25) is 19.2 Å². The van der Waals surface area contributed by atoms with Gasteiger partial charge in [0.15, 0.2) is 0 Å². The highest BCUT2D eigenvalue weighted by Gasteiger charge is 2.27. The fourth-order valence-corrected chi connectivity index (χ4v) is 3.98. The molecule has 0 aliphatic carbocycles. The van der Waals surface area contributed by atoms with Gasteiger partial charge in [-0.2, -0.15) is 0 Å². The minimum atomic E-state index is -1.11. The average molecular weight is 581 g/mol. The van der Waals surface area contributed by atoms with Crippen LogP contribution in [0, 0.1) is 0 Å². The molecular weight excluding hydrogens is 524 g/mol. The molecule has 0 bridgehead atoms. The summed E-state index contributed by atoms with van der Waals surface area (Å²) in [6.45, 7) is 5.68. The van der Waals surface area contributed by atoms with Gasteiger partial charge in [0.2, 0.25) is 23.6 Å². The highest BCUT2D eigenvalue weighted by atomic mass is 16.3. The Balaban J connectivity index is 4.91. The van der Waals surface area contributed by atoms with Crippen molar-refractivity contribution in [3.8, 4) is 0 Å². The van der Waals surface area contributed by atoms with Crippen molar-refractivity contribution >= 4 is 23.6 Å². The van der Waals surface area contributed by atoms with Gasteiger partial charge in [0.1, 0.15) is 6.04 Å². The van der Waals surface area contributed by atoms with Crippen LogP contribution >= 0.6 is 0 Å². The molecule has 0 aromatic carbocycles. The Bertz CT molecular complexity index is 789. The average Bonchev–Trinajstić information content (AvgIpc) is 2.96. The summed E-state index contributed by atoms with van der Waals surface area (Å²) in [5.74, 6) is -0.952. The quantitative estimate of drug-likeness (QED) is 0.0701. The lowest BCUT2D eigenvalue weighted by molar-refractivity contribution is -0.138. The van der Waals surface area contributed by atoms with Crippen LogP contribution < -0.4 is 27.4 Å². The van der Waals surface area contributed by atoms with E-state index < -0.39 is 30.5 Å². The Kier molecular flexibility index (Phi) is 24.4. The Morgan fingerprint density at radius 1 is 0.805 bits per heavy atom. The first-order valence-electron chi connectivity index (χ1n) is 15.3. The third-order valence-corrected chi connectivity index (χ3v) is 6.40. The molecule has 4 amide bonds. The number of nitrogens with one attached hydrogen (secondary N) is 3. The standard InChI is InChI=1S/C30H56N6O5/c1-3-5-7-9-17-27(38)33-20-13-14-22-36(23-15-21-34-28(39)18-10-8-6-4-2)30(41)26(24-37)35-29(40)25(32)16-11-12-19-31/h5-8,25-26,37H,3-4,9-24,31-32H2,1-2H3,(H,33,38)(H,34,39)(H,35,40)/b7-5-,8-6-/t25-,26?/m0/s1. The summed E-state index contributed by atoms with van der Waals surface area (Å²) in [4.78, 5) is 51.4. The molecule has 0 aliphatic heterocycles. The predicted molar refractivity (Wildman–Crippen MR) is 164 cm³/mol. The zero-order valence-corrected chi connectivity index (χ0v) is 25.4. The smallest absolute Gasteiger partial charge is 0.247 e. The third kappa shape index (κ3) is 20.7. The first kappa shape index (κ1) is 38.2. The molecule has 11 heteroatoms. The van der Waals surface area contributed by atoms with Crippen LogP contribution in [-0.2, 0) is 19.2 Å². The van der Waals surface area contributed by atoms with Gasteiger partial charge in [0, 0.05) is 39.0 Å². The molecule has 0 saturated carbocycles. The number of nitrogens with two attached hydrogens (primary N) is 2. The fourth-order valence-electron chi connectivity index (χ4n) is 3.98. The molecule has 0 aromatic rings. The molecule has 8 N–H and O–H groups in total. The van der Waals surface area contributed by atoms with E-state index in [0.29, 0.717) is 90.5 Å². The molecule has 0 spiro atoms. The first-order chi connectivity index (χ1) is 19.8. The summed E-state index contributed by atoms with van der Waals surface area (Å²) in [7, 11) is 0. The molecule has 236 valence electrons. The Morgan fingerprint density at radius 3 is 1.90 bits per heavy atom. The molecule has 0 rings (SSSR count). The molecule has 41 heavy (non-hydrogen) atoms. The molecule has 0 saturated heterocycles. The van der Waals surface area contributed by atoms with E-state index in [1.165, 1.54) is 0 Å². The lowest BCUT2D eigenvalue weighted by Crippen LogP contribution is -2.54. The second-order valence-corrected chi connectivity index (χ2v) is 10.1. The predicted octanol–water partition coefficient (Wildman–Crippen LogP) is 1.64. The zero-order valence-electron chi connectivity index (χ0n) is 25.4. The van der Waals surface area contributed by atoms with Crippen molar-refractivity contribution in [3.05, 3.63) is 24.3 Å². The van der Waals surface area contributed by atoms with Crippen LogP contribution in [0.15, 0.2) is 24.3 Å².